The minimum atomic E-state index is 0.0546. The number of rotatable bonds is 0. The molecule has 0 spiro atoms. The molecule has 2 N–H and O–H groups in total. The molecule has 0 unspecified atom stereocenters. The van der Waals surface area contributed by atoms with Gasteiger partial charge in [-0.3, -0.25) is 9.59 Å². The summed E-state index contributed by atoms with van der Waals surface area (Å²) in [6.07, 6.45) is 0.926. The number of hydrogen-bond acceptors (Lipinski definition) is 2. The van der Waals surface area contributed by atoms with Gasteiger partial charge in [0.1, 0.15) is 0 Å². The minimum Gasteiger partial charge on any atom is -0.358 e. The second kappa shape index (κ2) is 8.26. The number of nitrogens with one attached hydrogen (secondary N) is 2. The Labute approximate surface area is 164 Å². The predicted octanol–water partition coefficient (Wildman–Crippen LogP) is 4.92. The molecule has 2 aromatic heterocycles. The summed E-state index contributed by atoms with van der Waals surface area (Å²) in [5, 5.41) is 1.39. The molecule has 0 radical (unpaired) electrons. The van der Waals surface area contributed by atoms with Gasteiger partial charge in [0, 0.05) is 57.2 Å². The van der Waals surface area contributed by atoms with Gasteiger partial charge in [-0.2, -0.15) is 0 Å². The van der Waals surface area contributed by atoms with Crippen LogP contribution in [0.2, 0.25) is 0 Å². The minimum absolute atomic E-state index is 0.0546. The summed E-state index contributed by atoms with van der Waals surface area (Å²) in [4.78, 5) is 32.3. The van der Waals surface area contributed by atoms with Gasteiger partial charge in [0.25, 0.3) is 0 Å². The molecule has 28 heavy (non-hydrogen) atoms. The molecule has 1 aliphatic carbocycles. The van der Waals surface area contributed by atoms with E-state index in [1.165, 1.54) is 0 Å². The lowest BCUT2D eigenvalue weighted by atomic mass is 9.90. The predicted molar refractivity (Wildman–Crippen MR) is 117 cm³/mol. The Morgan fingerprint density at radius 3 is 1.36 bits per heavy atom. The molecule has 0 saturated carbocycles. The van der Waals surface area contributed by atoms with Crippen LogP contribution in [-0.2, 0) is 12.8 Å². The van der Waals surface area contributed by atoms with E-state index in [1.54, 1.807) is 0 Å². The molecule has 1 aliphatic rings. The fourth-order valence-corrected chi connectivity index (χ4v) is 3.68. The first-order valence-electron chi connectivity index (χ1n) is 9.98. The molecule has 0 saturated heterocycles. The van der Waals surface area contributed by atoms with Crippen LogP contribution in [0.25, 0.3) is 21.8 Å². The maximum absolute atomic E-state index is 12.8. The van der Waals surface area contributed by atoms with E-state index < -0.39 is 0 Å². The molecule has 2 heterocycles. The van der Waals surface area contributed by atoms with Crippen molar-refractivity contribution in [2.45, 2.75) is 40.5 Å². The molecule has 0 atom stereocenters. The van der Waals surface area contributed by atoms with E-state index in [4.69, 9.17) is 0 Å². The second-order valence-corrected chi connectivity index (χ2v) is 6.27. The third kappa shape index (κ3) is 3.15. The maximum Gasteiger partial charge on any atom is 0.193 e. The van der Waals surface area contributed by atoms with Gasteiger partial charge in [-0.15, -0.1) is 0 Å². The van der Waals surface area contributed by atoms with Gasteiger partial charge in [0.15, 0.2) is 10.9 Å². The highest BCUT2D eigenvalue weighted by molar-refractivity contribution is 5.81. The number of fused-ring (bicyclic) bond motifs is 4. The standard InChI is InChI=1S/C20H14N2O2.2C2H6/c23-19-11-5-1-3-7-15(11)21-17-10-14-18(9-13(17)19)22-16-8-4-2-6-12(16)20(14)24;2*1-2/h1-8H,9-10H2,(H,21,23)(H,22,24);2*1-2H3. The zero-order valence-electron chi connectivity index (χ0n) is 16.8. The molecule has 0 aliphatic heterocycles. The van der Waals surface area contributed by atoms with Crippen molar-refractivity contribution in [3.05, 3.63) is 91.5 Å². The number of aromatic amines is 2. The average Bonchev–Trinajstić information content (AvgIpc) is 2.76. The number of H-pyrrole nitrogens is 2. The van der Waals surface area contributed by atoms with Crippen LogP contribution in [0.4, 0.5) is 0 Å². The number of hydrogen-bond donors (Lipinski definition) is 2. The Kier molecular flexibility index (Phi) is 5.78. The summed E-state index contributed by atoms with van der Waals surface area (Å²) in [7, 11) is 0. The maximum atomic E-state index is 12.8. The van der Waals surface area contributed by atoms with E-state index >= 15 is 0 Å². The fraction of sp³-hybridized carbons (Fsp3) is 0.250. The average molecular weight is 374 g/mol. The normalized spacial score (nSPS) is 11.6. The summed E-state index contributed by atoms with van der Waals surface area (Å²) in [6.45, 7) is 8.00. The summed E-state index contributed by atoms with van der Waals surface area (Å²) in [5.41, 5.74) is 4.97. The Bertz CT molecular complexity index is 1150. The van der Waals surface area contributed by atoms with Crippen LogP contribution in [0.3, 0.4) is 0 Å². The summed E-state index contributed by atoms with van der Waals surface area (Å²) in [5.74, 6) is 0. The molecular weight excluding hydrogens is 348 g/mol. The van der Waals surface area contributed by atoms with Crippen molar-refractivity contribution in [3.8, 4) is 0 Å². The molecule has 0 fully saturated rings. The van der Waals surface area contributed by atoms with Gasteiger partial charge in [-0.1, -0.05) is 52.0 Å². The van der Waals surface area contributed by atoms with Gasteiger partial charge >= 0.3 is 0 Å². The number of para-hydroxylation sites is 2. The van der Waals surface area contributed by atoms with Gasteiger partial charge in [0.2, 0.25) is 0 Å². The van der Waals surface area contributed by atoms with Crippen molar-refractivity contribution in [2.75, 3.05) is 0 Å². The van der Waals surface area contributed by atoms with E-state index in [0.717, 1.165) is 33.5 Å². The van der Waals surface area contributed by atoms with Crippen LogP contribution in [0.1, 0.15) is 50.2 Å². The molecular formula is C24H26N2O2. The van der Waals surface area contributed by atoms with Crippen LogP contribution in [0.15, 0.2) is 58.1 Å². The molecule has 4 aromatic rings. The Morgan fingerprint density at radius 2 is 0.964 bits per heavy atom. The molecule has 0 bridgehead atoms. The van der Waals surface area contributed by atoms with Crippen LogP contribution in [-0.4, -0.2) is 9.97 Å². The highest BCUT2D eigenvalue weighted by Gasteiger charge is 2.23. The van der Waals surface area contributed by atoms with E-state index in [1.807, 2.05) is 76.2 Å². The SMILES string of the molecule is CC.CC.O=c1c2c([nH]c3ccccc13)Cc1c([nH]c3ccccc3c1=O)C2. The van der Waals surface area contributed by atoms with Crippen molar-refractivity contribution < 1.29 is 0 Å². The Balaban J connectivity index is 0.000000531. The quantitative estimate of drug-likeness (QED) is 0.404. The monoisotopic (exact) mass is 374 g/mol. The van der Waals surface area contributed by atoms with Gasteiger partial charge < -0.3 is 9.97 Å². The summed E-state index contributed by atoms with van der Waals surface area (Å²) in [6, 6.07) is 15.0. The number of benzene rings is 2. The van der Waals surface area contributed by atoms with Crippen LogP contribution < -0.4 is 10.9 Å². The van der Waals surface area contributed by atoms with Crippen LogP contribution >= 0.6 is 0 Å². The van der Waals surface area contributed by atoms with Gasteiger partial charge in [0.05, 0.1) is 0 Å². The molecule has 4 heteroatoms. The highest BCUT2D eigenvalue weighted by Crippen LogP contribution is 2.24. The molecule has 4 nitrogen and oxygen atoms in total. The van der Waals surface area contributed by atoms with Crippen molar-refractivity contribution in [2.24, 2.45) is 0 Å². The highest BCUT2D eigenvalue weighted by atomic mass is 16.1. The van der Waals surface area contributed by atoms with E-state index in [2.05, 4.69) is 9.97 Å². The molecule has 0 amide bonds. The zero-order chi connectivity index (χ0) is 20.3. The van der Waals surface area contributed by atoms with Crippen LogP contribution in [0.5, 0.6) is 0 Å². The first kappa shape index (κ1) is 19.6. The molecule has 144 valence electrons. The lowest BCUT2D eigenvalue weighted by Gasteiger charge is -2.20. The third-order valence-electron chi connectivity index (χ3n) is 4.90. The summed E-state index contributed by atoms with van der Waals surface area (Å²) >= 11 is 0. The lowest BCUT2D eigenvalue weighted by Crippen LogP contribution is -2.25. The van der Waals surface area contributed by atoms with Crippen molar-refractivity contribution in [1.82, 2.24) is 9.97 Å². The van der Waals surface area contributed by atoms with E-state index in [0.29, 0.717) is 23.6 Å². The summed E-state index contributed by atoms with van der Waals surface area (Å²) < 4.78 is 0. The largest absolute Gasteiger partial charge is 0.358 e. The number of aromatic nitrogens is 2. The first-order valence-corrected chi connectivity index (χ1v) is 9.98. The first-order chi connectivity index (χ1) is 13.7. The number of pyridine rings is 2. The smallest absolute Gasteiger partial charge is 0.193 e. The van der Waals surface area contributed by atoms with Crippen molar-refractivity contribution >= 4 is 21.8 Å². The van der Waals surface area contributed by atoms with E-state index in [-0.39, 0.29) is 10.9 Å². The van der Waals surface area contributed by atoms with Gasteiger partial charge in [-0.05, 0) is 24.3 Å². The second-order valence-electron chi connectivity index (χ2n) is 6.27. The van der Waals surface area contributed by atoms with Crippen molar-refractivity contribution in [1.29, 1.82) is 0 Å². The Hall–Kier alpha value is -3.14. The van der Waals surface area contributed by atoms with Gasteiger partial charge in [-0.25, -0.2) is 0 Å². The Morgan fingerprint density at radius 1 is 0.607 bits per heavy atom. The zero-order valence-corrected chi connectivity index (χ0v) is 16.8. The topological polar surface area (TPSA) is 65.7 Å². The van der Waals surface area contributed by atoms with E-state index in [9.17, 15) is 9.59 Å². The van der Waals surface area contributed by atoms with Crippen molar-refractivity contribution in [3.63, 3.8) is 0 Å². The molecule has 2 aromatic carbocycles. The fourth-order valence-electron chi connectivity index (χ4n) is 3.68. The molecule has 5 rings (SSSR count). The third-order valence-corrected chi connectivity index (χ3v) is 4.90. The lowest BCUT2D eigenvalue weighted by molar-refractivity contribution is 0.905. The van der Waals surface area contributed by atoms with Crippen LogP contribution in [0, 0.1) is 0 Å².